The zero-order chi connectivity index (χ0) is 13.1. The van der Waals surface area contributed by atoms with Crippen molar-refractivity contribution in [2.75, 3.05) is 31.2 Å². The molecule has 0 amide bonds. The van der Waals surface area contributed by atoms with Crippen molar-refractivity contribution in [3.8, 4) is 0 Å². The summed E-state index contributed by atoms with van der Waals surface area (Å²) in [5, 5.41) is 0.792. The first kappa shape index (κ1) is 13.7. The third-order valence-electron chi connectivity index (χ3n) is 4.05. The lowest BCUT2D eigenvalue weighted by Crippen LogP contribution is -2.46. The van der Waals surface area contributed by atoms with Gasteiger partial charge >= 0.3 is 0 Å². The van der Waals surface area contributed by atoms with Crippen LogP contribution in [0.5, 0.6) is 0 Å². The predicted octanol–water partition coefficient (Wildman–Crippen LogP) is 3.61. The van der Waals surface area contributed by atoms with Gasteiger partial charge in [-0.05, 0) is 42.0 Å². The minimum Gasteiger partial charge on any atom is -0.371 e. The second kappa shape index (κ2) is 6.49. The Balaban J connectivity index is 1.65. The summed E-state index contributed by atoms with van der Waals surface area (Å²) in [5.41, 5.74) is 1.25. The van der Waals surface area contributed by atoms with Crippen LogP contribution in [0, 0.1) is 0 Å². The minimum absolute atomic E-state index is 0.209. The molecule has 19 heavy (non-hydrogen) atoms. The van der Waals surface area contributed by atoms with Gasteiger partial charge in [0.2, 0.25) is 0 Å². The Morgan fingerprint density at radius 1 is 1.16 bits per heavy atom. The molecule has 2 heterocycles. The van der Waals surface area contributed by atoms with Crippen molar-refractivity contribution < 1.29 is 4.74 Å². The number of hydrogen-bond donors (Lipinski definition) is 0. The van der Waals surface area contributed by atoms with E-state index in [1.807, 2.05) is 12.1 Å². The molecular weight excluding hydrogens is 278 g/mol. The molecule has 0 spiro atoms. The minimum atomic E-state index is 0.209. The Bertz CT molecular complexity index is 405. The SMILES string of the molecule is Clc1ccc(C2CN(C3CCSCC3)CCO2)cc1. The molecule has 0 saturated carbocycles. The molecule has 1 aromatic rings. The predicted molar refractivity (Wildman–Crippen MR) is 82.1 cm³/mol. The van der Waals surface area contributed by atoms with Gasteiger partial charge in [-0.2, -0.15) is 11.8 Å². The molecule has 104 valence electrons. The molecule has 2 aliphatic heterocycles. The van der Waals surface area contributed by atoms with Gasteiger partial charge in [0.15, 0.2) is 0 Å². The molecule has 1 atom stereocenters. The Hall–Kier alpha value is -0.220. The van der Waals surface area contributed by atoms with Crippen molar-refractivity contribution in [3.63, 3.8) is 0 Å². The molecule has 1 unspecified atom stereocenters. The summed E-state index contributed by atoms with van der Waals surface area (Å²) >= 11 is 8.04. The van der Waals surface area contributed by atoms with Crippen LogP contribution in [0.1, 0.15) is 24.5 Å². The Labute approximate surface area is 124 Å². The molecular formula is C15H20ClNOS. The van der Waals surface area contributed by atoms with E-state index >= 15 is 0 Å². The average Bonchev–Trinajstić information content (AvgIpc) is 2.49. The van der Waals surface area contributed by atoms with E-state index in [1.165, 1.54) is 29.9 Å². The summed E-state index contributed by atoms with van der Waals surface area (Å²) < 4.78 is 5.93. The fourth-order valence-electron chi connectivity index (χ4n) is 2.93. The molecule has 4 heteroatoms. The normalized spacial score (nSPS) is 26.5. The van der Waals surface area contributed by atoms with Crippen LogP contribution in [0.2, 0.25) is 5.02 Å². The third-order valence-corrected chi connectivity index (χ3v) is 5.35. The molecule has 2 nitrogen and oxygen atoms in total. The van der Waals surface area contributed by atoms with Crippen molar-refractivity contribution in [1.82, 2.24) is 4.90 Å². The van der Waals surface area contributed by atoms with E-state index in [0.29, 0.717) is 0 Å². The molecule has 0 aliphatic carbocycles. The number of nitrogens with zero attached hydrogens (tertiary/aromatic N) is 1. The molecule has 0 N–H and O–H groups in total. The fourth-order valence-corrected chi connectivity index (χ4v) is 4.14. The molecule has 2 saturated heterocycles. The monoisotopic (exact) mass is 297 g/mol. The highest BCUT2D eigenvalue weighted by atomic mass is 35.5. The van der Waals surface area contributed by atoms with E-state index in [2.05, 4.69) is 28.8 Å². The molecule has 2 aliphatic rings. The van der Waals surface area contributed by atoms with Gasteiger partial charge in [-0.1, -0.05) is 23.7 Å². The lowest BCUT2D eigenvalue weighted by Gasteiger charge is -2.40. The maximum absolute atomic E-state index is 5.95. The molecule has 0 radical (unpaired) electrons. The maximum atomic E-state index is 5.95. The fraction of sp³-hybridized carbons (Fsp3) is 0.600. The van der Waals surface area contributed by atoms with Gasteiger partial charge in [0, 0.05) is 24.2 Å². The van der Waals surface area contributed by atoms with Crippen molar-refractivity contribution in [2.45, 2.75) is 25.0 Å². The highest BCUT2D eigenvalue weighted by Gasteiger charge is 2.28. The van der Waals surface area contributed by atoms with Crippen LogP contribution >= 0.6 is 23.4 Å². The molecule has 1 aromatic carbocycles. The third kappa shape index (κ3) is 3.46. The van der Waals surface area contributed by atoms with Crippen LogP contribution in [0.25, 0.3) is 0 Å². The van der Waals surface area contributed by atoms with Gasteiger partial charge in [-0.3, -0.25) is 4.90 Å². The summed E-state index contributed by atoms with van der Waals surface area (Å²) in [6.45, 7) is 2.95. The van der Waals surface area contributed by atoms with E-state index < -0.39 is 0 Å². The van der Waals surface area contributed by atoms with Gasteiger partial charge in [-0.15, -0.1) is 0 Å². The molecule has 0 aromatic heterocycles. The lowest BCUT2D eigenvalue weighted by atomic mass is 10.0. The first-order valence-corrected chi connectivity index (χ1v) is 8.55. The second-order valence-electron chi connectivity index (χ2n) is 5.25. The topological polar surface area (TPSA) is 12.5 Å². The standard InChI is InChI=1S/C15H20ClNOS/c16-13-3-1-12(2-4-13)15-11-17(7-8-18-15)14-5-9-19-10-6-14/h1-4,14-15H,5-11H2. The smallest absolute Gasteiger partial charge is 0.0952 e. The molecule has 0 bridgehead atoms. The van der Waals surface area contributed by atoms with Gasteiger partial charge in [-0.25, -0.2) is 0 Å². The lowest BCUT2D eigenvalue weighted by molar-refractivity contribution is -0.0460. The molecule has 3 rings (SSSR count). The first-order valence-electron chi connectivity index (χ1n) is 7.02. The van der Waals surface area contributed by atoms with E-state index in [0.717, 1.165) is 30.8 Å². The average molecular weight is 298 g/mol. The Kier molecular flexibility index (Phi) is 4.69. The highest BCUT2D eigenvalue weighted by molar-refractivity contribution is 7.99. The highest BCUT2D eigenvalue weighted by Crippen LogP contribution is 2.28. The quantitative estimate of drug-likeness (QED) is 0.827. The van der Waals surface area contributed by atoms with E-state index in [-0.39, 0.29) is 6.10 Å². The van der Waals surface area contributed by atoms with E-state index in [1.54, 1.807) is 0 Å². The maximum Gasteiger partial charge on any atom is 0.0952 e. The summed E-state index contributed by atoms with van der Waals surface area (Å²) in [7, 11) is 0. The van der Waals surface area contributed by atoms with Crippen LogP contribution in [0.4, 0.5) is 0 Å². The zero-order valence-corrected chi connectivity index (χ0v) is 12.6. The van der Waals surface area contributed by atoms with Gasteiger partial charge in [0.05, 0.1) is 12.7 Å². The number of rotatable bonds is 2. The summed E-state index contributed by atoms with van der Waals surface area (Å²) in [4.78, 5) is 2.63. The first-order chi connectivity index (χ1) is 9.33. The van der Waals surface area contributed by atoms with Gasteiger partial charge in [0.1, 0.15) is 0 Å². The summed E-state index contributed by atoms with van der Waals surface area (Å²) in [6, 6.07) is 8.85. The number of hydrogen-bond acceptors (Lipinski definition) is 3. The van der Waals surface area contributed by atoms with Crippen molar-refractivity contribution in [1.29, 1.82) is 0 Å². The van der Waals surface area contributed by atoms with Crippen molar-refractivity contribution >= 4 is 23.4 Å². The van der Waals surface area contributed by atoms with Crippen LogP contribution in [-0.4, -0.2) is 42.1 Å². The van der Waals surface area contributed by atoms with Gasteiger partial charge < -0.3 is 4.74 Å². The van der Waals surface area contributed by atoms with Crippen LogP contribution in [0.3, 0.4) is 0 Å². The van der Waals surface area contributed by atoms with E-state index in [9.17, 15) is 0 Å². The largest absolute Gasteiger partial charge is 0.371 e. The number of thioether (sulfide) groups is 1. The van der Waals surface area contributed by atoms with Crippen LogP contribution in [0.15, 0.2) is 24.3 Å². The van der Waals surface area contributed by atoms with Crippen LogP contribution in [-0.2, 0) is 4.74 Å². The molecule has 2 fully saturated rings. The van der Waals surface area contributed by atoms with Crippen LogP contribution < -0.4 is 0 Å². The van der Waals surface area contributed by atoms with Crippen molar-refractivity contribution in [3.05, 3.63) is 34.9 Å². The Morgan fingerprint density at radius 2 is 1.89 bits per heavy atom. The van der Waals surface area contributed by atoms with Gasteiger partial charge in [0.25, 0.3) is 0 Å². The Morgan fingerprint density at radius 3 is 2.63 bits per heavy atom. The number of ether oxygens (including phenoxy) is 1. The van der Waals surface area contributed by atoms with E-state index in [4.69, 9.17) is 16.3 Å². The number of benzene rings is 1. The zero-order valence-electron chi connectivity index (χ0n) is 11.1. The number of halogens is 1. The number of morpholine rings is 1. The summed E-state index contributed by atoms with van der Waals surface area (Å²) in [6.07, 6.45) is 2.87. The second-order valence-corrected chi connectivity index (χ2v) is 6.91. The van der Waals surface area contributed by atoms with Crippen molar-refractivity contribution in [2.24, 2.45) is 0 Å². The summed E-state index contributed by atoms with van der Waals surface area (Å²) in [5.74, 6) is 2.63.